The summed E-state index contributed by atoms with van der Waals surface area (Å²) in [5.41, 5.74) is -0.322. The van der Waals surface area contributed by atoms with E-state index in [0.29, 0.717) is 13.0 Å². The first kappa shape index (κ1) is 18.7. The number of hydrogen-bond acceptors (Lipinski definition) is 4. The number of furan rings is 1. The Balaban J connectivity index is 2.22. The van der Waals surface area contributed by atoms with E-state index in [9.17, 15) is 14.4 Å². The highest BCUT2D eigenvalue weighted by Crippen LogP contribution is 2.01. The molecule has 0 unspecified atom stereocenters. The molecule has 3 amide bonds. The van der Waals surface area contributed by atoms with Crippen LogP contribution < -0.4 is 10.6 Å². The molecule has 1 aromatic heterocycles. The van der Waals surface area contributed by atoms with Gasteiger partial charge in [-0.25, -0.2) is 0 Å². The maximum absolute atomic E-state index is 11.9. The van der Waals surface area contributed by atoms with Crippen LogP contribution in [0.1, 0.15) is 44.2 Å². The molecule has 0 aliphatic heterocycles. The van der Waals surface area contributed by atoms with Crippen LogP contribution in [-0.2, 0) is 9.59 Å². The summed E-state index contributed by atoms with van der Waals surface area (Å²) in [6, 6.07) is 3.21. The molecule has 1 rings (SSSR count). The average molecular weight is 323 g/mol. The van der Waals surface area contributed by atoms with Crippen LogP contribution in [-0.4, -0.2) is 48.3 Å². The third kappa shape index (κ3) is 7.49. The summed E-state index contributed by atoms with van der Waals surface area (Å²) in [6.07, 6.45) is 2.18. The molecule has 7 nitrogen and oxygen atoms in total. The van der Waals surface area contributed by atoms with Crippen molar-refractivity contribution in [1.29, 1.82) is 0 Å². The Morgan fingerprint density at radius 3 is 2.52 bits per heavy atom. The monoisotopic (exact) mass is 323 g/mol. The second-order valence-electron chi connectivity index (χ2n) is 6.38. The van der Waals surface area contributed by atoms with Crippen molar-refractivity contribution in [2.45, 2.75) is 39.2 Å². The molecule has 0 bridgehead atoms. The molecule has 0 radical (unpaired) electrons. The lowest BCUT2D eigenvalue weighted by molar-refractivity contribution is -0.135. The fourth-order valence-corrected chi connectivity index (χ4v) is 1.89. The van der Waals surface area contributed by atoms with Crippen molar-refractivity contribution in [3.05, 3.63) is 24.2 Å². The normalized spacial score (nSPS) is 11.0. The lowest BCUT2D eigenvalue weighted by Crippen LogP contribution is -2.46. The predicted molar refractivity (Wildman–Crippen MR) is 85.8 cm³/mol. The van der Waals surface area contributed by atoms with Crippen LogP contribution in [0.25, 0.3) is 0 Å². The highest BCUT2D eigenvalue weighted by Gasteiger charge is 2.17. The van der Waals surface area contributed by atoms with E-state index in [2.05, 4.69) is 10.6 Å². The van der Waals surface area contributed by atoms with Crippen LogP contribution in [0.2, 0.25) is 0 Å². The number of carbonyl (C=O) groups excluding carboxylic acids is 3. The van der Waals surface area contributed by atoms with Crippen molar-refractivity contribution in [3.8, 4) is 0 Å². The molecular weight excluding hydrogens is 298 g/mol. The van der Waals surface area contributed by atoms with Gasteiger partial charge in [-0.05, 0) is 39.3 Å². The third-order valence-corrected chi connectivity index (χ3v) is 2.92. The van der Waals surface area contributed by atoms with Gasteiger partial charge in [0.15, 0.2) is 5.76 Å². The molecule has 128 valence electrons. The summed E-state index contributed by atoms with van der Waals surface area (Å²) in [6.45, 7) is 6.04. The Labute approximate surface area is 136 Å². The van der Waals surface area contributed by atoms with Crippen LogP contribution in [0.3, 0.4) is 0 Å². The van der Waals surface area contributed by atoms with E-state index in [-0.39, 0.29) is 42.0 Å². The quantitative estimate of drug-likeness (QED) is 0.737. The van der Waals surface area contributed by atoms with Crippen molar-refractivity contribution in [1.82, 2.24) is 15.5 Å². The maximum atomic E-state index is 11.9. The summed E-state index contributed by atoms with van der Waals surface area (Å²) in [5.74, 6) is -0.395. The molecule has 0 aromatic carbocycles. The van der Waals surface area contributed by atoms with Crippen LogP contribution in [0.4, 0.5) is 0 Å². The first-order valence-electron chi connectivity index (χ1n) is 7.56. The minimum Gasteiger partial charge on any atom is -0.459 e. The minimum atomic E-state index is -0.322. The number of nitrogens with one attached hydrogen (secondary N) is 2. The van der Waals surface area contributed by atoms with E-state index in [0.717, 1.165) is 0 Å². The molecule has 7 heteroatoms. The third-order valence-electron chi connectivity index (χ3n) is 2.92. The summed E-state index contributed by atoms with van der Waals surface area (Å²) in [7, 11) is 1.59. The van der Waals surface area contributed by atoms with Gasteiger partial charge in [0, 0.05) is 25.6 Å². The maximum Gasteiger partial charge on any atom is 0.286 e. The highest BCUT2D eigenvalue weighted by molar-refractivity contribution is 5.91. The van der Waals surface area contributed by atoms with Gasteiger partial charge < -0.3 is 20.0 Å². The zero-order valence-corrected chi connectivity index (χ0v) is 14.1. The molecule has 0 saturated carbocycles. The second-order valence-corrected chi connectivity index (χ2v) is 6.38. The zero-order chi connectivity index (χ0) is 17.5. The Hall–Kier alpha value is -2.31. The number of rotatable bonds is 7. The van der Waals surface area contributed by atoms with Crippen LogP contribution in [0, 0.1) is 0 Å². The lowest BCUT2D eigenvalue weighted by Gasteiger charge is -2.23. The topological polar surface area (TPSA) is 91.7 Å². The average Bonchev–Trinajstić information content (AvgIpc) is 2.94. The number of likely N-dealkylation sites (N-methyl/N-ethyl adjacent to an activating group) is 1. The van der Waals surface area contributed by atoms with Crippen LogP contribution in [0.15, 0.2) is 22.8 Å². The molecule has 2 N–H and O–H groups in total. The molecular formula is C16H25N3O4. The van der Waals surface area contributed by atoms with Crippen LogP contribution in [0.5, 0.6) is 0 Å². The predicted octanol–water partition coefficient (Wildman–Crippen LogP) is 1.16. The second kappa shape index (κ2) is 8.36. The van der Waals surface area contributed by atoms with Crippen molar-refractivity contribution in [2.24, 2.45) is 0 Å². The summed E-state index contributed by atoms with van der Waals surface area (Å²) in [4.78, 5) is 36.7. The van der Waals surface area contributed by atoms with Gasteiger partial charge in [-0.3, -0.25) is 14.4 Å². The molecule has 0 aliphatic carbocycles. The van der Waals surface area contributed by atoms with Gasteiger partial charge >= 0.3 is 0 Å². The number of nitrogens with zero attached hydrogens (tertiary/aromatic N) is 1. The van der Waals surface area contributed by atoms with Crippen molar-refractivity contribution in [3.63, 3.8) is 0 Å². The Kier molecular flexibility index (Phi) is 6.81. The van der Waals surface area contributed by atoms with Gasteiger partial charge in [0.1, 0.15) is 0 Å². The summed E-state index contributed by atoms with van der Waals surface area (Å²) >= 11 is 0. The van der Waals surface area contributed by atoms with Crippen molar-refractivity contribution < 1.29 is 18.8 Å². The SMILES string of the molecule is CN(CC(=O)NC(C)(C)C)C(=O)CCCNC(=O)c1ccco1. The molecule has 0 spiro atoms. The largest absolute Gasteiger partial charge is 0.459 e. The Bertz CT molecular complexity index is 532. The van der Waals surface area contributed by atoms with Crippen LogP contribution >= 0.6 is 0 Å². The molecule has 23 heavy (non-hydrogen) atoms. The first-order valence-corrected chi connectivity index (χ1v) is 7.56. The number of amides is 3. The van der Waals surface area contributed by atoms with E-state index in [4.69, 9.17) is 4.42 Å². The van der Waals surface area contributed by atoms with Gasteiger partial charge in [0.25, 0.3) is 5.91 Å². The van der Waals surface area contributed by atoms with Crippen molar-refractivity contribution in [2.75, 3.05) is 20.1 Å². The van der Waals surface area contributed by atoms with Gasteiger partial charge in [-0.15, -0.1) is 0 Å². The summed E-state index contributed by atoms with van der Waals surface area (Å²) in [5, 5.41) is 5.47. The number of hydrogen-bond donors (Lipinski definition) is 2. The van der Waals surface area contributed by atoms with Gasteiger partial charge in [0.2, 0.25) is 11.8 Å². The highest BCUT2D eigenvalue weighted by atomic mass is 16.3. The van der Waals surface area contributed by atoms with E-state index < -0.39 is 0 Å². The standard InChI is InChI=1S/C16H25N3O4/c1-16(2,3)18-13(20)11-19(4)14(21)8-5-9-17-15(22)12-7-6-10-23-12/h6-7,10H,5,8-9,11H2,1-4H3,(H,17,22)(H,18,20). The van der Waals surface area contributed by atoms with E-state index >= 15 is 0 Å². The van der Waals surface area contributed by atoms with Crippen molar-refractivity contribution >= 4 is 17.7 Å². The molecule has 0 saturated heterocycles. The van der Waals surface area contributed by atoms with E-state index in [1.54, 1.807) is 19.2 Å². The summed E-state index contributed by atoms with van der Waals surface area (Å²) < 4.78 is 4.96. The van der Waals surface area contributed by atoms with Gasteiger partial charge in [0.05, 0.1) is 12.8 Å². The fourth-order valence-electron chi connectivity index (χ4n) is 1.89. The molecule has 0 fully saturated rings. The van der Waals surface area contributed by atoms with Gasteiger partial charge in [-0.2, -0.15) is 0 Å². The van der Waals surface area contributed by atoms with E-state index in [1.165, 1.54) is 11.2 Å². The molecule has 0 atom stereocenters. The molecule has 1 heterocycles. The first-order chi connectivity index (χ1) is 10.7. The zero-order valence-electron chi connectivity index (χ0n) is 14.1. The Morgan fingerprint density at radius 1 is 1.26 bits per heavy atom. The van der Waals surface area contributed by atoms with Gasteiger partial charge in [-0.1, -0.05) is 0 Å². The van der Waals surface area contributed by atoms with E-state index in [1.807, 2.05) is 20.8 Å². The molecule has 0 aliphatic rings. The molecule has 1 aromatic rings. The lowest BCUT2D eigenvalue weighted by atomic mass is 10.1. The number of carbonyl (C=O) groups is 3. The fraction of sp³-hybridized carbons (Fsp3) is 0.562. The minimum absolute atomic E-state index is 0.0227. The smallest absolute Gasteiger partial charge is 0.286 e. The Morgan fingerprint density at radius 2 is 1.96 bits per heavy atom.